The number of nitro benzene ring substituents is 1. The Morgan fingerprint density at radius 3 is 2.81 bits per heavy atom. The first-order valence-electron chi connectivity index (χ1n) is 6.13. The Bertz CT molecular complexity index is 666. The molecule has 21 heavy (non-hydrogen) atoms. The molecule has 0 aliphatic heterocycles. The molecule has 9 heteroatoms. The fraction of sp³-hybridized carbons (Fsp3) is 0.250. The van der Waals surface area contributed by atoms with E-state index in [4.69, 9.17) is 11.6 Å². The van der Waals surface area contributed by atoms with Crippen molar-refractivity contribution in [1.29, 1.82) is 0 Å². The first-order chi connectivity index (χ1) is 9.99. The molecule has 8 nitrogen and oxygen atoms in total. The number of hydrogen-bond acceptors (Lipinski definition) is 7. The number of non-ortho nitro benzene ring substituents is 1. The lowest BCUT2D eigenvalue weighted by Gasteiger charge is -2.15. The summed E-state index contributed by atoms with van der Waals surface area (Å²) in [6.45, 7) is 2.65. The third kappa shape index (κ3) is 3.76. The molecule has 0 saturated heterocycles. The zero-order valence-electron chi connectivity index (χ0n) is 11.4. The van der Waals surface area contributed by atoms with E-state index in [1.807, 2.05) is 14.0 Å². The summed E-state index contributed by atoms with van der Waals surface area (Å²) in [7, 11) is 1.82. The van der Waals surface area contributed by atoms with Gasteiger partial charge in [-0.05, 0) is 24.6 Å². The standard InChI is InChI=1S/C12H13ClN6O2/c1-3-18(2)12-16-10(13)15-11(17-12)14-8-5-4-6-9(7-8)19(20)21/h4-7H,3H2,1-2H3,(H,14,15,16,17). The number of aromatic nitrogens is 3. The van der Waals surface area contributed by atoms with Crippen LogP contribution < -0.4 is 10.2 Å². The monoisotopic (exact) mass is 308 g/mol. The lowest BCUT2D eigenvalue weighted by Crippen LogP contribution is -2.19. The van der Waals surface area contributed by atoms with Crippen molar-refractivity contribution in [3.63, 3.8) is 0 Å². The first kappa shape index (κ1) is 14.9. The highest BCUT2D eigenvalue weighted by atomic mass is 35.5. The molecule has 0 aliphatic rings. The molecule has 2 aromatic rings. The van der Waals surface area contributed by atoms with Crippen molar-refractivity contribution in [2.75, 3.05) is 23.8 Å². The molecule has 0 bridgehead atoms. The van der Waals surface area contributed by atoms with Crippen molar-refractivity contribution in [3.8, 4) is 0 Å². The van der Waals surface area contributed by atoms with E-state index in [-0.39, 0.29) is 16.9 Å². The summed E-state index contributed by atoms with van der Waals surface area (Å²) in [5, 5.41) is 13.7. The molecule has 0 unspecified atom stereocenters. The second-order valence-electron chi connectivity index (χ2n) is 4.17. The smallest absolute Gasteiger partial charge is 0.271 e. The number of benzene rings is 1. The summed E-state index contributed by atoms with van der Waals surface area (Å²) < 4.78 is 0. The van der Waals surface area contributed by atoms with Crippen molar-refractivity contribution in [1.82, 2.24) is 15.0 Å². The van der Waals surface area contributed by atoms with E-state index < -0.39 is 4.92 Å². The van der Waals surface area contributed by atoms with Crippen LogP contribution in [0.1, 0.15) is 6.92 Å². The van der Waals surface area contributed by atoms with Gasteiger partial charge >= 0.3 is 0 Å². The van der Waals surface area contributed by atoms with Gasteiger partial charge in [0.2, 0.25) is 17.2 Å². The molecule has 0 aliphatic carbocycles. The molecule has 2 rings (SSSR count). The van der Waals surface area contributed by atoms with Gasteiger partial charge in [-0.15, -0.1) is 0 Å². The zero-order chi connectivity index (χ0) is 15.4. The van der Waals surface area contributed by atoms with Crippen molar-refractivity contribution >= 4 is 34.9 Å². The van der Waals surface area contributed by atoms with Crippen LogP contribution in [0.3, 0.4) is 0 Å². The SMILES string of the molecule is CCN(C)c1nc(Cl)nc(Nc2cccc([N+](=O)[O-])c2)n1. The molecule has 0 fully saturated rings. The minimum atomic E-state index is -0.470. The molecule has 0 saturated carbocycles. The summed E-state index contributed by atoms with van der Waals surface area (Å²) in [4.78, 5) is 24.3. The normalized spacial score (nSPS) is 10.2. The third-order valence-electron chi connectivity index (χ3n) is 2.73. The Balaban J connectivity index is 2.29. The van der Waals surface area contributed by atoms with E-state index in [2.05, 4.69) is 20.3 Å². The topological polar surface area (TPSA) is 97.1 Å². The van der Waals surface area contributed by atoms with Gasteiger partial charge in [0.05, 0.1) is 4.92 Å². The molecule has 1 aromatic heterocycles. The lowest BCUT2D eigenvalue weighted by atomic mass is 10.3. The van der Waals surface area contributed by atoms with Gasteiger partial charge in [-0.3, -0.25) is 10.1 Å². The van der Waals surface area contributed by atoms with Crippen LogP contribution in [0.4, 0.5) is 23.3 Å². The maximum Gasteiger partial charge on any atom is 0.271 e. The summed E-state index contributed by atoms with van der Waals surface area (Å²) in [5.41, 5.74) is 0.475. The number of anilines is 3. The minimum Gasteiger partial charge on any atom is -0.344 e. The summed E-state index contributed by atoms with van der Waals surface area (Å²) in [6, 6.07) is 6.04. The Kier molecular flexibility index (Phi) is 4.49. The van der Waals surface area contributed by atoms with Crippen molar-refractivity contribution < 1.29 is 4.92 Å². The van der Waals surface area contributed by atoms with E-state index in [1.54, 1.807) is 17.0 Å². The van der Waals surface area contributed by atoms with Gasteiger partial charge in [0.25, 0.3) is 5.69 Å². The molecular weight excluding hydrogens is 296 g/mol. The summed E-state index contributed by atoms with van der Waals surface area (Å²) >= 11 is 5.86. The average molecular weight is 309 g/mol. The second-order valence-corrected chi connectivity index (χ2v) is 4.51. The number of rotatable bonds is 5. The Morgan fingerprint density at radius 1 is 1.38 bits per heavy atom. The molecular formula is C12H13ClN6O2. The predicted molar refractivity (Wildman–Crippen MR) is 80.2 cm³/mol. The minimum absolute atomic E-state index is 0.0222. The van der Waals surface area contributed by atoms with Crippen LogP contribution in [0.15, 0.2) is 24.3 Å². The van der Waals surface area contributed by atoms with E-state index in [0.29, 0.717) is 18.2 Å². The largest absolute Gasteiger partial charge is 0.344 e. The number of nitrogens with zero attached hydrogens (tertiary/aromatic N) is 5. The highest BCUT2D eigenvalue weighted by molar-refractivity contribution is 6.28. The van der Waals surface area contributed by atoms with Crippen LogP contribution in [0.5, 0.6) is 0 Å². The molecule has 1 N–H and O–H groups in total. The fourth-order valence-corrected chi connectivity index (χ4v) is 1.69. The van der Waals surface area contributed by atoms with Gasteiger partial charge in [0.15, 0.2) is 0 Å². The summed E-state index contributed by atoms with van der Waals surface area (Å²) in [5.74, 6) is 0.649. The fourth-order valence-electron chi connectivity index (χ4n) is 1.53. The van der Waals surface area contributed by atoms with E-state index in [0.717, 1.165) is 0 Å². The van der Waals surface area contributed by atoms with Crippen LogP contribution >= 0.6 is 11.6 Å². The number of halogens is 1. The Hall–Kier alpha value is -2.48. The highest BCUT2D eigenvalue weighted by Crippen LogP contribution is 2.21. The summed E-state index contributed by atoms with van der Waals surface area (Å²) in [6.07, 6.45) is 0. The molecule has 1 heterocycles. The maximum absolute atomic E-state index is 10.8. The highest BCUT2D eigenvalue weighted by Gasteiger charge is 2.10. The van der Waals surface area contributed by atoms with Crippen molar-refractivity contribution in [2.24, 2.45) is 0 Å². The molecule has 0 atom stereocenters. The third-order valence-corrected chi connectivity index (χ3v) is 2.89. The van der Waals surface area contributed by atoms with Gasteiger partial charge in [-0.2, -0.15) is 15.0 Å². The van der Waals surface area contributed by atoms with Gasteiger partial charge in [0.1, 0.15) is 0 Å². The van der Waals surface area contributed by atoms with Crippen molar-refractivity contribution in [3.05, 3.63) is 39.7 Å². The van der Waals surface area contributed by atoms with Crippen LogP contribution in [0, 0.1) is 10.1 Å². The van der Waals surface area contributed by atoms with Gasteiger partial charge < -0.3 is 10.2 Å². The molecule has 1 aromatic carbocycles. The number of hydrogen-bond donors (Lipinski definition) is 1. The Labute approximate surface area is 126 Å². The van der Waals surface area contributed by atoms with Gasteiger partial charge in [-0.1, -0.05) is 6.07 Å². The van der Waals surface area contributed by atoms with Crippen LogP contribution in [-0.2, 0) is 0 Å². The van der Waals surface area contributed by atoms with Crippen LogP contribution in [-0.4, -0.2) is 33.5 Å². The van der Waals surface area contributed by atoms with Gasteiger partial charge in [-0.25, -0.2) is 0 Å². The maximum atomic E-state index is 10.8. The second kappa shape index (κ2) is 6.31. The predicted octanol–water partition coefficient (Wildman–Crippen LogP) is 2.63. The average Bonchev–Trinajstić information content (AvgIpc) is 2.46. The molecule has 0 spiro atoms. The first-order valence-corrected chi connectivity index (χ1v) is 6.51. The van der Waals surface area contributed by atoms with Crippen LogP contribution in [0.2, 0.25) is 5.28 Å². The van der Waals surface area contributed by atoms with Crippen LogP contribution in [0.25, 0.3) is 0 Å². The van der Waals surface area contributed by atoms with E-state index in [1.165, 1.54) is 12.1 Å². The zero-order valence-corrected chi connectivity index (χ0v) is 12.2. The lowest BCUT2D eigenvalue weighted by molar-refractivity contribution is -0.384. The van der Waals surface area contributed by atoms with Gasteiger partial charge in [0, 0.05) is 31.4 Å². The van der Waals surface area contributed by atoms with E-state index >= 15 is 0 Å². The number of nitro groups is 1. The quantitative estimate of drug-likeness (QED) is 0.669. The molecule has 110 valence electrons. The van der Waals surface area contributed by atoms with Crippen molar-refractivity contribution in [2.45, 2.75) is 6.92 Å². The molecule has 0 amide bonds. The Morgan fingerprint density at radius 2 is 2.14 bits per heavy atom. The van der Waals surface area contributed by atoms with E-state index in [9.17, 15) is 10.1 Å². The molecule has 0 radical (unpaired) electrons. The number of nitrogens with one attached hydrogen (secondary N) is 1.